The number of rotatable bonds is 3. The van der Waals surface area contributed by atoms with Crippen molar-refractivity contribution in [1.29, 1.82) is 0 Å². The first-order valence-corrected chi connectivity index (χ1v) is 9.94. The lowest BCUT2D eigenvalue weighted by atomic mass is 9.99. The van der Waals surface area contributed by atoms with Crippen molar-refractivity contribution >= 4 is 18.5 Å². The molecule has 2 saturated heterocycles. The van der Waals surface area contributed by atoms with E-state index in [1.54, 1.807) is 20.8 Å². The summed E-state index contributed by atoms with van der Waals surface area (Å²) in [5.74, 6) is 0. The molecule has 2 aliphatic heterocycles. The summed E-state index contributed by atoms with van der Waals surface area (Å²) in [6, 6.07) is 1.12. The van der Waals surface area contributed by atoms with Crippen LogP contribution in [0.4, 0.5) is 4.39 Å². The second-order valence-corrected chi connectivity index (χ2v) is 9.10. The first-order chi connectivity index (χ1) is 11.1. The summed E-state index contributed by atoms with van der Waals surface area (Å²) >= 11 is 5.26. The third kappa shape index (κ3) is 3.14. The van der Waals surface area contributed by atoms with Crippen LogP contribution in [-0.2, 0) is 30.1 Å². The number of halogens is 1. The van der Waals surface area contributed by atoms with Crippen LogP contribution in [0.5, 0.6) is 0 Å². The molecule has 1 unspecified atom stereocenters. The van der Waals surface area contributed by atoms with Crippen molar-refractivity contribution in [2.24, 2.45) is 0 Å². The van der Waals surface area contributed by atoms with Crippen molar-refractivity contribution < 1.29 is 22.7 Å². The van der Waals surface area contributed by atoms with Gasteiger partial charge in [-0.1, -0.05) is 0 Å². The van der Waals surface area contributed by atoms with Crippen LogP contribution in [0, 0.1) is 0 Å². The molecule has 8 nitrogen and oxygen atoms in total. The molecule has 2 fully saturated rings. The van der Waals surface area contributed by atoms with E-state index in [2.05, 4.69) is 4.98 Å². The molecular weight excluding hydrogens is 362 g/mol. The van der Waals surface area contributed by atoms with E-state index in [0.29, 0.717) is 0 Å². The molecule has 0 spiro atoms. The van der Waals surface area contributed by atoms with Crippen LogP contribution >= 0.6 is 6.72 Å². The van der Waals surface area contributed by atoms with Crippen LogP contribution in [0.25, 0.3) is 0 Å². The molecule has 0 bridgehead atoms. The lowest BCUT2D eigenvalue weighted by Crippen LogP contribution is -2.48. The maximum atomic E-state index is 15.0. The monoisotopic (exact) mass is 380 g/mol. The first-order valence-electron chi connectivity index (χ1n) is 7.38. The molecule has 0 radical (unpaired) electrons. The Kier molecular flexibility index (Phi) is 4.57. The molecule has 3 rings (SSSR count). The zero-order valence-corrected chi connectivity index (χ0v) is 15.0. The summed E-state index contributed by atoms with van der Waals surface area (Å²) < 4.78 is 38.3. The minimum Gasteiger partial charge on any atom is -0.343 e. The topological polar surface area (TPSA) is 91.8 Å². The number of nitrogens with one attached hydrogen (secondary N) is 1. The van der Waals surface area contributed by atoms with Crippen LogP contribution in [0.1, 0.15) is 27.0 Å². The van der Waals surface area contributed by atoms with E-state index in [4.69, 9.17) is 30.1 Å². The SMILES string of the molecule is CC(C)OP1(=S)OC[C@@]2(C)O[C@@H](n3ccc(=O)[nH]c3=O)[C@H](F)[C@@H]2O1. The summed E-state index contributed by atoms with van der Waals surface area (Å²) in [5.41, 5.74) is -2.47. The molecule has 5 atom stereocenters. The van der Waals surface area contributed by atoms with Crippen LogP contribution in [-0.4, -0.2) is 40.1 Å². The summed E-state index contributed by atoms with van der Waals surface area (Å²) in [6.45, 7) is 2.06. The van der Waals surface area contributed by atoms with Crippen molar-refractivity contribution in [2.45, 2.75) is 51.0 Å². The number of fused-ring (bicyclic) bond motifs is 1. The van der Waals surface area contributed by atoms with E-state index in [-0.39, 0.29) is 12.7 Å². The maximum Gasteiger partial charge on any atom is 0.330 e. The van der Waals surface area contributed by atoms with Gasteiger partial charge in [0, 0.05) is 12.3 Å². The number of nitrogens with zero attached hydrogens (tertiary/aromatic N) is 1. The zero-order chi connectivity index (χ0) is 17.7. The van der Waals surface area contributed by atoms with E-state index in [0.717, 1.165) is 10.6 Å². The lowest BCUT2D eigenvalue weighted by molar-refractivity contribution is -0.131. The van der Waals surface area contributed by atoms with Gasteiger partial charge in [0.25, 0.3) is 5.56 Å². The molecule has 1 N–H and O–H groups in total. The van der Waals surface area contributed by atoms with Gasteiger partial charge in [-0.15, -0.1) is 0 Å². The molecule has 1 aromatic rings. The molecular formula is C13H18FN2O6PS. The van der Waals surface area contributed by atoms with Crippen molar-refractivity contribution in [3.05, 3.63) is 33.1 Å². The third-order valence-corrected chi connectivity index (χ3v) is 6.21. The summed E-state index contributed by atoms with van der Waals surface area (Å²) in [7, 11) is 0. The number of hydrogen-bond donors (Lipinski definition) is 1. The molecule has 24 heavy (non-hydrogen) atoms. The molecule has 2 aliphatic rings. The average Bonchev–Trinajstić information content (AvgIpc) is 2.71. The minimum atomic E-state index is -3.09. The number of aromatic amines is 1. The zero-order valence-electron chi connectivity index (χ0n) is 13.3. The fourth-order valence-corrected chi connectivity index (χ4v) is 5.38. The normalized spacial score (nSPS) is 39.1. The molecule has 0 aliphatic carbocycles. The Morgan fingerprint density at radius 1 is 1.54 bits per heavy atom. The molecule has 1 aromatic heterocycles. The highest BCUT2D eigenvalue weighted by Crippen LogP contribution is 2.60. The van der Waals surface area contributed by atoms with Crippen LogP contribution in [0.15, 0.2) is 21.9 Å². The molecule has 0 amide bonds. The first kappa shape index (κ1) is 17.9. The van der Waals surface area contributed by atoms with Gasteiger partial charge < -0.3 is 13.8 Å². The highest BCUT2D eigenvalue weighted by atomic mass is 32.5. The Labute approximate surface area is 142 Å². The standard InChI is InChI=1S/C13H18FN2O6PS/c1-7(2)21-23(24)19-6-13(3)10(22-23)9(14)11(20-13)16-5-4-8(17)15-12(16)18/h4-5,7,9-11H,6H2,1-3H3,(H,15,17,18)/t9-,10+,11-,13-,23?/m1/s1. The van der Waals surface area contributed by atoms with Crippen molar-refractivity contribution in [3.63, 3.8) is 0 Å². The van der Waals surface area contributed by atoms with Gasteiger partial charge in [0.2, 0.25) is 0 Å². The average molecular weight is 380 g/mol. The highest BCUT2D eigenvalue weighted by molar-refractivity contribution is 8.07. The van der Waals surface area contributed by atoms with Crippen molar-refractivity contribution in [1.82, 2.24) is 9.55 Å². The van der Waals surface area contributed by atoms with E-state index in [1.165, 1.54) is 6.20 Å². The van der Waals surface area contributed by atoms with Gasteiger partial charge in [-0.2, -0.15) is 0 Å². The van der Waals surface area contributed by atoms with Gasteiger partial charge in [0.1, 0.15) is 11.7 Å². The fourth-order valence-electron chi connectivity index (χ4n) is 2.71. The Morgan fingerprint density at radius 3 is 2.88 bits per heavy atom. The number of ether oxygens (including phenoxy) is 1. The van der Waals surface area contributed by atoms with E-state index < -0.39 is 42.1 Å². The van der Waals surface area contributed by atoms with Crippen LogP contribution in [0.2, 0.25) is 0 Å². The fraction of sp³-hybridized carbons (Fsp3) is 0.692. The smallest absolute Gasteiger partial charge is 0.330 e. The van der Waals surface area contributed by atoms with Crippen LogP contribution < -0.4 is 11.2 Å². The Bertz CT molecular complexity index is 797. The minimum absolute atomic E-state index is 0.0172. The van der Waals surface area contributed by atoms with E-state index in [1.807, 2.05) is 0 Å². The summed E-state index contributed by atoms with van der Waals surface area (Å²) in [4.78, 5) is 25.1. The molecule has 3 heterocycles. The Hall–Kier alpha value is -0.900. The Balaban J connectivity index is 1.90. The number of hydrogen-bond acceptors (Lipinski definition) is 7. The van der Waals surface area contributed by atoms with E-state index in [9.17, 15) is 14.0 Å². The second kappa shape index (κ2) is 6.12. The predicted octanol–water partition coefficient (Wildman–Crippen LogP) is 1.23. The second-order valence-electron chi connectivity index (χ2n) is 6.18. The van der Waals surface area contributed by atoms with Crippen molar-refractivity contribution in [3.8, 4) is 0 Å². The van der Waals surface area contributed by atoms with Crippen molar-refractivity contribution in [2.75, 3.05) is 6.61 Å². The lowest BCUT2D eigenvalue weighted by Gasteiger charge is -2.39. The number of alkyl halides is 1. The molecule has 11 heteroatoms. The quantitative estimate of drug-likeness (QED) is 0.789. The maximum absolute atomic E-state index is 15.0. The number of H-pyrrole nitrogens is 1. The van der Waals surface area contributed by atoms with Gasteiger partial charge in [-0.3, -0.25) is 18.9 Å². The molecule has 0 saturated carbocycles. The Morgan fingerprint density at radius 2 is 2.25 bits per heavy atom. The summed E-state index contributed by atoms with van der Waals surface area (Å²) in [5, 5.41) is 0. The highest BCUT2D eigenvalue weighted by Gasteiger charge is 2.60. The van der Waals surface area contributed by atoms with Gasteiger partial charge in [0.15, 0.2) is 12.4 Å². The number of aromatic nitrogens is 2. The van der Waals surface area contributed by atoms with E-state index >= 15 is 0 Å². The molecule has 0 aromatic carbocycles. The largest absolute Gasteiger partial charge is 0.343 e. The van der Waals surface area contributed by atoms with Gasteiger partial charge in [-0.25, -0.2) is 9.18 Å². The third-order valence-electron chi connectivity index (χ3n) is 3.77. The van der Waals surface area contributed by atoms with Crippen LogP contribution in [0.3, 0.4) is 0 Å². The van der Waals surface area contributed by atoms with Gasteiger partial charge in [-0.05, 0) is 32.6 Å². The van der Waals surface area contributed by atoms with Gasteiger partial charge >= 0.3 is 12.4 Å². The predicted molar refractivity (Wildman–Crippen MR) is 86.1 cm³/mol. The van der Waals surface area contributed by atoms with Gasteiger partial charge in [0.05, 0.1) is 12.7 Å². The molecule has 134 valence electrons. The summed E-state index contributed by atoms with van der Waals surface area (Å²) in [6.07, 6.45) is -3.03.